The van der Waals surface area contributed by atoms with E-state index in [-0.39, 0.29) is 24.9 Å². The summed E-state index contributed by atoms with van der Waals surface area (Å²) in [4.78, 5) is 26.4. The summed E-state index contributed by atoms with van der Waals surface area (Å²) < 4.78 is 5.40. The van der Waals surface area contributed by atoms with Crippen LogP contribution < -0.4 is 15.4 Å². The van der Waals surface area contributed by atoms with Gasteiger partial charge >= 0.3 is 0 Å². The molecular formula is C24H33N3O3. The van der Waals surface area contributed by atoms with E-state index in [4.69, 9.17) is 4.74 Å². The summed E-state index contributed by atoms with van der Waals surface area (Å²) in [5.41, 5.74) is 7.24. The molecular weight excluding hydrogens is 378 g/mol. The smallest absolute Gasteiger partial charge is 0.243 e. The highest BCUT2D eigenvalue weighted by Crippen LogP contribution is 2.25. The molecule has 0 fully saturated rings. The van der Waals surface area contributed by atoms with Gasteiger partial charge in [0, 0.05) is 12.2 Å². The van der Waals surface area contributed by atoms with E-state index in [2.05, 4.69) is 22.8 Å². The summed E-state index contributed by atoms with van der Waals surface area (Å²) in [5, 5.41) is 5.60. The number of hydrogen-bond acceptors (Lipinski definition) is 4. The second kappa shape index (κ2) is 10.3. The molecule has 0 bridgehead atoms. The Morgan fingerprint density at radius 3 is 2.00 bits per heavy atom. The predicted octanol–water partition coefficient (Wildman–Crippen LogP) is 3.42. The number of rotatable bonds is 8. The van der Waals surface area contributed by atoms with Crippen LogP contribution in [-0.4, -0.2) is 44.0 Å². The molecule has 0 aliphatic carbocycles. The number of carbonyl (C=O) groups excluding carboxylic acids is 2. The van der Waals surface area contributed by atoms with Crippen LogP contribution in [-0.2, 0) is 16.1 Å². The standard InChI is InChI=1S/C24H33N3O3/c1-15-8-16(2)23(17(3)9-15)26-21(28)12-25-22(29)14-27(6)13-20-10-18(4)24(30-7)19(5)11-20/h8-11H,12-14H2,1-7H3,(H,25,29)(H,26,28). The van der Waals surface area contributed by atoms with E-state index in [1.54, 1.807) is 7.11 Å². The van der Waals surface area contributed by atoms with Crippen LogP contribution >= 0.6 is 0 Å². The van der Waals surface area contributed by atoms with E-state index in [9.17, 15) is 9.59 Å². The zero-order chi connectivity index (χ0) is 22.4. The van der Waals surface area contributed by atoms with E-state index in [0.717, 1.165) is 44.8 Å². The molecule has 0 saturated heterocycles. The van der Waals surface area contributed by atoms with Gasteiger partial charge in [0.25, 0.3) is 0 Å². The zero-order valence-electron chi connectivity index (χ0n) is 19.1. The monoisotopic (exact) mass is 411 g/mol. The molecule has 2 rings (SSSR count). The average molecular weight is 412 g/mol. The number of likely N-dealkylation sites (N-methyl/N-ethyl adjacent to an activating group) is 1. The average Bonchev–Trinajstić information content (AvgIpc) is 2.62. The Balaban J connectivity index is 1.85. The van der Waals surface area contributed by atoms with Gasteiger partial charge in [-0.2, -0.15) is 0 Å². The number of aryl methyl sites for hydroxylation is 5. The molecule has 0 atom stereocenters. The molecule has 0 heterocycles. The third-order valence-corrected chi connectivity index (χ3v) is 4.98. The van der Waals surface area contributed by atoms with Crippen molar-refractivity contribution in [1.82, 2.24) is 10.2 Å². The van der Waals surface area contributed by atoms with Gasteiger partial charge in [-0.25, -0.2) is 0 Å². The van der Waals surface area contributed by atoms with E-state index in [0.29, 0.717) is 6.54 Å². The first-order chi connectivity index (χ1) is 14.1. The normalized spacial score (nSPS) is 10.8. The predicted molar refractivity (Wildman–Crippen MR) is 121 cm³/mol. The molecule has 6 nitrogen and oxygen atoms in total. The van der Waals surface area contributed by atoms with Crippen molar-refractivity contribution >= 4 is 17.5 Å². The fourth-order valence-corrected chi connectivity index (χ4v) is 3.86. The molecule has 2 amide bonds. The summed E-state index contributed by atoms with van der Waals surface area (Å²) in [7, 11) is 3.55. The van der Waals surface area contributed by atoms with Crippen molar-refractivity contribution in [2.75, 3.05) is 32.6 Å². The van der Waals surface area contributed by atoms with E-state index in [1.807, 2.05) is 58.7 Å². The molecule has 6 heteroatoms. The molecule has 30 heavy (non-hydrogen) atoms. The van der Waals surface area contributed by atoms with Crippen LogP contribution in [0.4, 0.5) is 5.69 Å². The van der Waals surface area contributed by atoms with Crippen molar-refractivity contribution in [3.8, 4) is 5.75 Å². The number of nitrogens with zero attached hydrogens (tertiary/aromatic N) is 1. The third-order valence-electron chi connectivity index (χ3n) is 4.98. The number of ether oxygens (including phenoxy) is 1. The Labute approximate surface area is 179 Å². The van der Waals surface area contributed by atoms with Crippen LogP contribution in [0.15, 0.2) is 24.3 Å². The van der Waals surface area contributed by atoms with E-state index >= 15 is 0 Å². The highest BCUT2D eigenvalue weighted by molar-refractivity contribution is 5.96. The molecule has 0 radical (unpaired) electrons. The molecule has 0 saturated carbocycles. The molecule has 0 aliphatic heterocycles. The number of nitrogens with one attached hydrogen (secondary N) is 2. The molecule has 162 valence electrons. The number of hydrogen-bond donors (Lipinski definition) is 2. The van der Waals surface area contributed by atoms with Crippen molar-refractivity contribution < 1.29 is 14.3 Å². The topological polar surface area (TPSA) is 70.7 Å². The summed E-state index contributed by atoms with van der Waals surface area (Å²) >= 11 is 0. The first kappa shape index (κ1) is 23.4. The van der Waals surface area contributed by atoms with Gasteiger partial charge in [0.15, 0.2) is 0 Å². The third kappa shape index (κ3) is 6.32. The van der Waals surface area contributed by atoms with Gasteiger partial charge in [0.05, 0.1) is 20.2 Å². The van der Waals surface area contributed by atoms with Crippen molar-refractivity contribution in [3.63, 3.8) is 0 Å². The van der Waals surface area contributed by atoms with E-state index < -0.39 is 0 Å². The Hall–Kier alpha value is -2.86. The first-order valence-corrected chi connectivity index (χ1v) is 10.1. The second-order valence-corrected chi connectivity index (χ2v) is 8.03. The van der Waals surface area contributed by atoms with Gasteiger partial charge in [0.2, 0.25) is 11.8 Å². The number of methoxy groups -OCH3 is 1. The SMILES string of the molecule is COc1c(C)cc(CN(C)CC(=O)NCC(=O)Nc2c(C)cc(C)cc2C)cc1C. The zero-order valence-corrected chi connectivity index (χ0v) is 19.1. The minimum atomic E-state index is -0.234. The van der Waals surface area contributed by atoms with Crippen molar-refractivity contribution in [1.29, 1.82) is 0 Å². The molecule has 0 aromatic heterocycles. The van der Waals surface area contributed by atoms with Crippen LogP contribution in [0.3, 0.4) is 0 Å². The summed E-state index contributed by atoms with van der Waals surface area (Å²) in [5.74, 6) is 0.471. The number of benzene rings is 2. The lowest BCUT2D eigenvalue weighted by Gasteiger charge is -2.18. The Bertz CT molecular complexity index is 891. The molecule has 0 unspecified atom stereocenters. The minimum absolute atomic E-state index is 0.0554. The van der Waals surface area contributed by atoms with Gasteiger partial charge in [-0.15, -0.1) is 0 Å². The Kier molecular flexibility index (Phi) is 8.00. The summed E-state index contributed by atoms with van der Waals surface area (Å²) in [6, 6.07) is 8.19. The highest BCUT2D eigenvalue weighted by Gasteiger charge is 2.12. The number of carbonyl (C=O) groups is 2. The lowest BCUT2D eigenvalue weighted by Crippen LogP contribution is -2.39. The lowest BCUT2D eigenvalue weighted by molar-refractivity contribution is -0.124. The van der Waals surface area contributed by atoms with Gasteiger partial charge in [-0.1, -0.05) is 29.8 Å². The summed E-state index contributed by atoms with van der Waals surface area (Å²) in [6.45, 7) is 10.8. The fourth-order valence-electron chi connectivity index (χ4n) is 3.86. The molecule has 0 spiro atoms. The number of amides is 2. The maximum Gasteiger partial charge on any atom is 0.243 e. The molecule has 2 aromatic rings. The van der Waals surface area contributed by atoms with Crippen molar-refractivity contribution in [2.45, 2.75) is 41.2 Å². The Morgan fingerprint density at radius 1 is 0.900 bits per heavy atom. The fraction of sp³-hybridized carbons (Fsp3) is 0.417. The van der Waals surface area contributed by atoms with Crippen LogP contribution in [0.25, 0.3) is 0 Å². The second-order valence-electron chi connectivity index (χ2n) is 8.03. The molecule has 2 N–H and O–H groups in total. The molecule has 2 aromatic carbocycles. The maximum absolute atomic E-state index is 12.3. The van der Waals surface area contributed by atoms with Crippen LogP contribution in [0.2, 0.25) is 0 Å². The maximum atomic E-state index is 12.3. The largest absolute Gasteiger partial charge is 0.496 e. The highest BCUT2D eigenvalue weighted by atomic mass is 16.5. The van der Waals surface area contributed by atoms with Crippen molar-refractivity contribution in [2.24, 2.45) is 0 Å². The van der Waals surface area contributed by atoms with Gasteiger partial charge < -0.3 is 15.4 Å². The minimum Gasteiger partial charge on any atom is -0.496 e. The van der Waals surface area contributed by atoms with Gasteiger partial charge in [0.1, 0.15) is 5.75 Å². The summed E-state index contributed by atoms with van der Waals surface area (Å²) in [6.07, 6.45) is 0. The van der Waals surface area contributed by atoms with Crippen LogP contribution in [0, 0.1) is 34.6 Å². The van der Waals surface area contributed by atoms with Crippen LogP contribution in [0.5, 0.6) is 5.75 Å². The first-order valence-electron chi connectivity index (χ1n) is 10.1. The molecule has 0 aliphatic rings. The Morgan fingerprint density at radius 2 is 1.47 bits per heavy atom. The number of anilines is 1. The lowest BCUT2D eigenvalue weighted by atomic mass is 10.1. The van der Waals surface area contributed by atoms with Gasteiger partial charge in [-0.3, -0.25) is 14.5 Å². The van der Waals surface area contributed by atoms with E-state index in [1.165, 1.54) is 0 Å². The quantitative estimate of drug-likeness (QED) is 0.698. The van der Waals surface area contributed by atoms with Gasteiger partial charge in [-0.05, 0) is 69.5 Å². The van der Waals surface area contributed by atoms with Crippen LogP contribution in [0.1, 0.15) is 33.4 Å². The van der Waals surface area contributed by atoms with Crippen molar-refractivity contribution in [3.05, 3.63) is 57.6 Å².